The zero-order valence-corrected chi connectivity index (χ0v) is 21.8. The van der Waals surface area contributed by atoms with Gasteiger partial charge in [-0.3, -0.25) is 9.36 Å². The van der Waals surface area contributed by atoms with Gasteiger partial charge in [0.05, 0.1) is 19.1 Å². The average Bonchev–Trinajstić information content (AvgIpc) is 3.17. The molecule has 2 aromatic rings. The highest BCUT2D eigenvalue weighted by Crippen LogP contribution is 2.39. The number of rotatable bonds is 11. The van der Waals surface area contributed by atoms with Crippen molar-refractivity contribution in [1.82, 2.24) is 14.1 Å². The maximum absolute atomic E-state index is 14.6. The number of hydrogen-bond acceptors (Lipinski definition) is 7. The van der Waals surface area contributed by atoms with Crippen molar-refractivity contribution < 1.29 is 18.7 Å². The van der Waals surface area contributed by atoms with Gasteiger partial charge in [-0.15, -0.1) is 0 Å². The molecule has 0 aliphatic heterocycles. The minimum absolute atomic E-state index is 0.0451. The van der Waals surface area contributed by atoms with Crippen LogP contribution in [0.3, 0.4) is 0 Å². The maximum atomic E-state index is 14.6. The molecule has 9 nitrogen and oxygen atoms in total. The number of nitrogens with one attached hydrogen (secondary N) is 1. The molecule has 36 heavy (non-hydrogen) atoms. The topological polar surface area (TPSA) is 104 Å². The fourth-order valence-electron chi connectivity index (χ4n) is 4.95. The van der Waals surface area contributed by atoms with E-state index >= 15 is 0 Å². The van der Waals surface area contributed by atoms with E-state index in [4.69, 9.17) is 9.47 Å². The predicted octanol–water partition coefficient (Wildman–Crippen LogP) is 4.10. The molecule has 3 rings (SSSR count). The van der Waals surface area contributed by atoms with E-state index in [-0.39, 0.29) is 43.3 Å². The molecule has 1 aliphatic rings. The smallest absolute Gasteiger partial charge is 0.354 e. The van der Waals surface area contributed by atoms with Gasteiger partial charge in [0.15, 0.2) is 11.6 Å². The maximum Gasteiger partial charge on any atom is 0.354 e. The third kappa shape index (κ3) is 6.73. The number of nitrogens with zero attached hydrogens (tertiary/aromatic N) is 3. The number of ether oxygens (including phenoxy) is 2. The Kier molecular flexibility index (Phi) is 9.28. The molecule has 0 amide bonds. The van der Waals surface area contributed by atoms with E-state index in [2.05, 4.69) is 24.1 Å². The molecule has 0 bridgehead atoms. The zero-order chi connectivity index (χ0) is 26.4. The summed E-state index contributed by atoms with van der Waals surface area (Å²) in [5.74, 6) is 0.319. The number of benzene rings is 1. The molecule has 0 saturated heterocycles. The average molecular weight is 505 g/mol. The second-order valence-electron chi connectivity index (χ2n) is 9.76. The molecule has 10 heteroatoms. The third-order valence-electron chi connectivity index (χ3n) is 6.56. The molecule has 1 unspecified atom stereocenters. The van der Waals surface area contributed by atoms with Crippen molar-refractivity contribution in [2.75, 3.05) is 11.9 Å². The molecule has 0 spiro atoms. The van der Waals surface area contributed by atoms with E-state index in [9.17, 15) is 18.8 Å². The van der Waals surface area contributed by atoms with Crippen LogP contribution in [0.1, 0.15) is 60.3 Å². The lowest BCUT2D eigenvalue weighted by atomic mass is 9.93. The Morgan fingerprint density at radius 1 is 1.19 bits per heavy atom. The van der Waals surface area contributed by atoms with E-state index in [1.165, 1.54) is 16.7 Å². The highest BCUT2D eigenvalue weighted by atomic mass is 19.1. The van der Waals surface area contributed by atoms with E-state index in [1.807, 2.05) is 0 Å². The van der Waals surface area contributed by atoms with Gasteiger partial charge in [-0.2, -0.15) is 4.98 Å². The second-order valence-corrected chi connectivity index (χ2v) is 9.76. The lowest BCUT2D eigenvalue weighted by Gasteiger charge is -2.22. The van der Waals surface area contributed by atoms with Crippen molar-refractivity contribution in [2.45, 2.75) is 79.5 Å². The summed E-state index contributed by atoms with van der Waals surface area (Å²) in [7, 11) is 0. The van der Waals surface area contributed by atoms with Crippen molar-refractivity contribution in [1.29, 1.82) is 0 Å². The Morgan fingerprint density at radius 3 is 2.56 bits per heavy atom. The first kappa shape index (κ1) is 27.4. The molecule has 1 saturated carbocycles. The van der Waals surface area contributed by atoms with Crippen LogP contribution < -0.4 is 21.4 Å². The first-order valence-electron chi connectivity index (χ1n) is 12.7. The van der Waals surface area contributed by atoms with Gasteiger partial charge in [0.25, 0.3) is 0 Å². The van der Waals surface area contributed by atoms with Crippen LogP contribution in [0.15, 0.2) is 27.8 Å². The number of carbonyl (C=O) groups is 1. The van der Waals surface area contributed by atoms with Gasteiger partial charge in [-0.25, -0.2) is 18.5 Å². The molecule has 1 fully saturated rings. The molecule has 1 N–H and O–H groups in total. The lowest BCUT2D eigenvalue weighted by molar-refractivity contribution is -0.143. The summed E-state index contributed by atoms with van der Waals surface area (Å²) in [6.45, 7) is 10.1. The number of hydrogen-bond donors (Lipinski definition) is 1. The van der Waals surface area contributed by atoms with Crippen molar-refractivity contribution in [3.63, 3.8) is 0 Å². The monoisotopic (exact) mass is 504 g/mol. The molecule has 0 radical (unpaired) electrons. The van der Waals surface area contributed by atoms with Crippen molar-refractivity contribution in [2.24, 2.45) is 17.8 Å². The Hall–Kier alpha value is -3.17. The normalized spacial score (nSPS) is 19.5. The number of halogens is 1. The predicted molar refractivity (Wildman–Crippen MR) is 135 cm³/mol. The summed E-state index contributed by atoms with van der Waals surface area (Å²) in [6, 6.07) is 4.34. The van der Waals surface area contributed by atoms with Crippen molar-refractivity contribution in [3.8, 4) is 5.75 Å². The molecule has 3 atom stereocenters. The van der Waals surface area contributed by atoms with Gasteiger partial charge >= 0.3 is 17.3 Å². The van der Waals surface area contributed by atoms with Crippen LogP contribution >= 0.6 is 0 Å². The van der Waals surface area contributed by atoms with E-state index in [1.54, 1.807) is 26.8 Å². The van der Waals surface area contributed by atoms with Crippen LogP contribution in [0.25, 0.3) is 0 Å². The first-order valence-corrected chi connectivity index (χ1v) is 12.7. The third-order valence-corrected chi connectivity index (χ3v) is 6.56. The van der Waals surface area contributed by atoms with Gasteiger partial charge in [0.1, 0.15) is 0 Å². The Bertz CT molecular complexity index is 1180. The van der Waals surface area contributed by atoms with Gasteiger partial charge in [-0.1, -0.05) is 20.3 Å². The van der Waals surface area contributed by atoms with E-state index in [0.717, 1.165) is 23.8 Å². The first-order chi connectivity index (χ1) is 17.1. The molecule has 1 heterocycles. The standard InChI is InChI=1S/C26H37FN4O5/c1-6-18-12-17(5)13-19(18)15-31-24(28-20-8-9-22(21(27)14-20)36-16(3)4)29-25(33)30(26(31)34)11-10-23(32)35-7-2/h8-9,14,16-19H,6-7,10-13,15H2,1-5H3,(H,28,29,33)/t17-,18+,19?/m0/s1. The number of anilines is 2. The summed E-state index contributed by atoms with van der Waals surface area (Å²) in [4.78, 5) is 42.2. The van der Waals surface area contributed by atoms with Crippen molar-refractivity contribution in [3.05, 3.63) is 45.0 Å². The number of esters is 1. The fourth-order valence-corrected chi connectivity index (χ4v) is 4.95. The van der Waals surface area contributed by atoms with Gasteiger partial charge in [-0.05, 0) is 63.5 Å². The molecule has 1 aromatic heterocycles. The Balaban J connectivity index is 1.97. The van der Waals surface area contributed by atoms with Crippen molar-refractivity contribution >= 4 is 17.6 Å². The summed E-state index contributed by atoms with van der Waals surface area (Å²) in [6.07, 6.45) is 2.73. The van der Waals surface area contributed by atoms with E-state index < -0.39 is 23.2 Å². The van der Waals surface area contributed by atoms with Crippen LogP contribution in [0, 0.1) is 23.6 Å². The summed E-state index contributed by atoms with van der Waals surface area (Å²) >= 11 is 0. The molecular formula is C26H37FN4O5. The zero-order valence-electron chi connectivity index (χ0n) is 21.8. The minimum atomic E-state index is -0.782. The highest BCUT2D eigenvalue weighted by molar-refractivity contribution is 5.69. The number of aromatic nitrogens is 3. The van der Waals surface area contributed by atoms with Crippen LogP contribution in [0.2, 0.25) is 0 Å². The fraction of sp³-hybridized carbons (Fsp3) is 0.615. The van der Waals surface area contributed by atoms with Crippen LogP contribution in [-0.2, 0) is 22.6 Å². The largest absolute Gasteiger partial charge is 0.488 e. The quantitative estimate of drug-likeness (QED) is 0.460. The Morgan fingerprint density at radius 2 is 1.92 bits per heavy atom. The van der Waals surface area contributed by atoms with E-state index in [0.29, 0.717) is 24.1 Å². The van der Waals surface area contributed by atoms with Gasteiger partial charge in [0.2, 0.25) is 5.95 Å². The summed E-state index contributed by atoms with van der Waals surface area (Å²) in [5, 5.41) is 2.96. The highest BCUT2D eigenvalue weighted by Gasteiger charge is 2.32. The summed E-state index contributed by atoms with van der Waals surface area (Å²) in [5.41, 5.74) is -1.01. The Labute approximate surface area is 210 Å². The SMILES string of the molecule is CCOC(=O)CCn1c(=O)nc(Nc2ccc(OC(C)C)c(F)c2)n(CC2C[C@@H](C)C[C@H]2CC)c1=O. The number of carbonyl (C=O) groups excluding carboxylic acids is 1. The minimum Gasteiger partial charge on any atom is -0.488 e. The van der Waals surface area contributed by atoms with Gasteiger partial charge < -0.3 is 14.8 Å². The lowest BCUT2D eigenvalue weighted by Crippen LogP contribution is -2.44. The molecular weight excluding hydrogens is 467 g/mol. The second kappa shape index (κ2) is 12.2. The van der Waals surface area contributed by atoms with Crippen LogP contribution in [0.4, 0.5) is 16.0 Å². The molecule has 1 aliphatic carbocycles. The molecule has 198 valence electrons. The molecule has 1 aromatic carbocycles. The van der Waals surface area contributed by atoms with Gasteiger partial charge in [0, 0.05) is 24.8 Å². The van der Waals surface area contributed by atoms with Crippen LogP contribution in [0.5, 0.6) is 5.75 Å². The summed E-state index contributed by atoms with van der Waals surface area (Å²) < 4.78 is 27.4. The van der Waals surface area contributed by atoms with Crippen LogP contribution in [-0.4, -0.2) is 32.8 Å².